The average molecular weight is 582 g/mol. The topological polar surface area (TPSA) is 86.8 Å². The van der Waals surface area contributed by atoms with E-state index in [1.807, 2.05) is 6.92 Å². The van der Waals surface area contributed by atoms with Crippen molar-refractivity contribution in [3.63, 3.8) is 0 Å². The van der Waals surface area contributed by atoms with Crippen LogP contribution in [-0.4, -0.2) is 50.5 Å². The Kier molecular flexibility index (Phi) is 10.7. The first kappa shape index (κ1) is 30.7. The van der Waals surface area contributed by atoms with Gasteiger partial charge in [0.25, 0.3) is 0 Å². The van der Waals surface area contributed by atoms with E-state index in [9.17, 15) is 31.2 Å². The highest BCUT2D eigenvalue weighted by molar-refractivity contribution is 7.92. The second-order valence-electron chi connectivity index (χ2n) is 8.36. The molecule has 2 amide bonds. The molecule has 0 aromatic heterocycles. The van der Waals surface area contributed by atoms with Crippen LogP contribution in [0.25, 0.3) is 0 Å². The van der Waals surface area contributed by atoms with Gasteiger partial charge in [-0.2, -0.15) is 13.2 Å². The lowest BCUT2D eigenvalue weighted by Crippen LogP contribution is -2.51. The molecule has 0 heterocycles. The Morgan fingerprint density at radius 2 is 1.68 bits per heavy atom. The number of carbonyl (C=O) groups is 2. The van der Waals surface area contributed by atoms with Crippen LogP contribution >= 0.6 is 23.2 Å². The fourth-order valence-corrected chi connectivity index (χ4v) is 4.78. The summed E-state index contributed by atoms with van der Waals surface area (Å²) >= 11 is 12.5. The van der Waals surface area contributed by atoms with Crippen LogP contribution in [0.15, 0.2) is 42.5 Å². The van der Waals surface area contributed by atoms with Crippen molar-refractivity contribution in [2.45, 2.75) is 45.5 Å². The van der Waals surface area contributed by atoms with Crippen molar-refractivity contribution in [1.29, 1.82) is 0 Å². The van der Waals surface area contributed by atoms with E-state index in [-0.39, 0.29) is 22.3 Å². The van der Waals surface area contributed by atoms with Crippen molar-refractivity contribution in [2.75, 3.05) is 23.7 Å². The molecule has 1 atom stereocenters. The van der Waals surface area contributed by atoms with E-state index in [1.54, 1.807) is 18.2 Å². The highest BCUT2D eigenvalue weighted by Crippen LogP contribution is 2.32. The molecule has 1 N–H and O–H groups in total. The number of unbranched alkanes of at least 4 members (excludes halogenated alkanes) is 1. The Bertz CT molecular complexity index is 1210. The zero-order valence-corrected chi connectivity index (χ0v) is 22.8. The van der Waals surface area contributed by atoms with E-state index < -0.39 is 46.2 Å². The third-order valence-corrected chi connectivity index (χ3v) is 7.38. The van der Waals surface area contributed by atoms with Gasteiger partial charge in [-0.05, 0) is 43.7 Å². The summed E-state index contributed by atoms with van der Waals surface area (Å²) in [5, 5.41) is 3.17. The molecule has 0 aliphatic carbocycles. The third-order valence-electron chi connectivity index (χ3n) is 5.53. The normalized spacial score (nSPS) is 12.6. The van der Waals surface area contributed by atoms with Crippen molar-refractivity contribution in [1.82, 2.24) is 10.2 Å². The van der Waals surface area contributed by atoms with Gasteiger partial charge in [0.1, 0.15) is 12.6 Å². The number of hydrogen-bond acceptors (Lipinski definition) is 4. The minimum absolute atomic E-state index is 0.224. The number of sulfonamides is 1. The van der Waals surface area contributed by atoms with Crippen LogP contribution in [0.2, 0.25) is 10.0 Å². The Morgan fingerprint density at radius 1 is 1.08 bits per heavy atom. The maximum atomic E-state index is 13.5. The van der Waals surface area contributed by atoms with E-state index >= 15 is 0 Å². The Balaban J connectivity index is 2.46. The van der Waals surface area contributed by atoms with E-state index in [0.717, 1.165) is 35.8 Å². The number of amides is 2. The van der Waals surface area contributed by atoms with E-state index in [4.69, 9.17) is 23.2 Å². The van der Waals surface area contributed by atoms with Gasteiger partial charge in [0, 0.05) is 28.7 Å². The SMILES string of the molecule is CCCCNC(=O)C(C)N(Cc1c(Cl)cccc1Cl)C(=O)CN(c1cccc(C(F)(F)F)c1)S(C)(=O)=O. The summed E-state index contributed by atoms with van der Waals surface area (Å²) < 4.78 is 65.4. The highest BCUT2D eigenvalue weighted by Gasteiger charge is 2.34. The highest BCUT2D eigenvalue weighted by atomic mass is 35.5. The van der Waals surface area contributed by atoms with Crippen molar-refractivity contribution in [3.05, 3.63) is 63.6 Å². The lowest BCUT2D eigenvalue weighted by Gasteiger charge is -2.32. The first-order valence-electron chi connectivity index (χ1n) is 11.3. The number of anilines is 1. The molecule has 0 fully saturated rings. The number of hydrogen-bond donors (Lipinski definition) is 1. The molecular formula is C24H28Cl2F3N3O4S. The predicted octanol–water partition coefficient (Wildman–Crippen LogP) is 5.11. The molecule has 0 bridgehead atoms. The van der Waals surface area contributed by atoms with Crippen molar-refractivity contribution >= 4 is 50.7 Å². The van der Waals surface area contributed by atoms with Crippen molar-refractivity contribution in [2.24, 2.45) is 0 Å². The number of nitrogens with zero attached hydrogens (tertiary/aromatic N) is 2. The van der Waals surface area contributed by atoms with Crippen LogP contribution in [-0.2, 0) is 32.3 Å². The van der Waals surface area contributed by atoms with Crippen LogP contribution in [0.4, 0.5) is 18.9 Å². The van der Waals surface area contributed by atoms with Gasteiger partial charge in [-0.1, -0.05) is 48.7 Å². The summed E-state index contributed by atoms with van der Waals surface area (Å²) in [5.74, 6) is -1.33. The Labute approximate surface area is 224 Å². The molecule has 2 rings (SSSR count). The minimum Gasteiger partial charge on any atom is -0.354 e. The number of rotatable bonds is 11. The van der Waals surface area contributed by atoms with Gasteiger partial charge in [0.15, 0.2) is 0 Å². The molecule has 37 heavy (non-hydrogen) atoms. The molecule has 7 nitrogen and oxygen atoms in total. The zero-order chi connectivity index (χ0) is 28.0. The van der Waals surface area contributed by atoms with Crippen molar-refractivity contribution in [3.8, 4) is 0 Å². The molecule has 2 aromatic carbocycles. The number of halogens is 5. The van der Waals surface area contributed by atoms with Gasteiger partial charge >= 0.3 is 6.18 Å². The fourth-order valence-electron chi connectivity index (χ4n) is 3.42. The van der Waals surface area contributed by atoms with E-state index in [1.165, 1.54) is 6.92 Å². The molecule has 0 aliphatic heterocycles. The van der Waals surface area contributed by atoms with Crippen molar-refractivity contribution < 1.29 is 31.2 Å². The summed E-state index contributed by atoms with van der Waals surface area (Å²) in [5.41, 5.74) is -1.09. The zero-order valence-electron chi connectivity index (χ0n) is 20.5. The maximum Gasteiger partial charge on any atom is 0.416 e. The largest absolute Gasteiger partial charge is 0.416 e. The first-order valence-corrected chi connectivity index (χ1v) is 13.9. The minimum atomic E-state index is -4.72. The molecule has 0 radical (unpaired) electrons. The molecule has 0 saturated heterocycles. The molecular weight excluding hydrogens is 554 g/mol. The lowest BCUT2D eigenvalue weighted by atomic mass is 10.1. The number of benzene rings is 2. The lowest BCUT2D eigenvalue weighted by molar-refractivity contribution is -0.139. The van der Waals surface area contributed by atoms with Gasteiger partial charge in [0.05, 0.1) is 17.5 Å². The van der Waals surface area contributed by atoms with Gasteiger partial charge in [-0.25, -0.2) is 8.42 Å². The van der Waals surface area contributed by atoms with Gasteiger partial charge in [0.2, 0.25) is 21.8 Å². The molecule has 0 aliphatic rings. The fraction of sp³-hybridized carbons (Fsp3) is 0.417. The maximum absolute atomic E-state index is 13.5. The van der Waals surface area contributed by atoms with Crippen LogP contribution in [0.1, 0.15) is 37.8 Å². The Hall–Kier alpha value is -2.50. The van der Waals surface area contributed by atoms with Crippen LogP contribution < -0.4 is 9.62 Å². The smallest absolute Gasteiger partial charge is 0.354 e. The summed E-state index contributed by atoms with van der Waals surface area (Å²) in [7, 11) is -4.20. The van der Waals surface area contributed by atoms with Crippen LogP contribution in [0.5, 0.6) is 0 Å². The molecule has 1 unspecified atom stereocenters. The second kappa shape index (κ2) is 12.8. The van der Waals surface area contributed by atoms with Gasteiger partial charge in [-0.15, -0.1) is 0 Å². The number of carbonyl (C=O) groups excluding carboxylic acids is 2. The van der Waals surface area contributed by atoms with Gasteiger partial charge in [-0.3, -0.25) is 13.9 Å². The predicted molar refractivity (Wildman–Crippen MR) is 138 cm³/mol. The molecule has 0 spiro atoms. The van der Waals surface area contributed by atoms with E-state index in [2.05, 4.69) is 5.32 Å². The summed E-state index contributed by atoms with van der Waals surface area (Å²) in [4.78, 5) is 27.4. The van der Waals surface area contributed by atoms with E-state index in [0.29, 0.717) is 28.9 Å². The molecule has 2 aromatic rings. The molecule has 204 valence electrons. The standard InChI is InChI=1S/C24H28Cl2F3N3O4S/c1-4-5-12-30-23(34)16(2)31(14-19-20(25)10-7-11-21(19)26)22(33)15-32(37(3,35)36)18-9-6-8-17(13-18)24(27,28)29/h6-11,13,16H,4-5,12,14-15H2,1-3H3,(H,30,34). The summed E-state index contributed by atoms with van der Waals surface area (Å²) in [6.07, 6.45) is -2.41. The molecule has 13 heteroatoms. The summed E-state index contributed by atoms with van der Waals surface area (Å²) in [6, 6.07) is 7.25. The Morgan fingerprint density at radius 3 is 2.22 bits per heavy atom. The quantitative estimate of drug-likeness (QED) is 0.373. The van der Waals surface area contributed by atoms with Crippen LogP contribution in [0.3, 0.4) is 0 Å². The summed E-state index contributed by atoms with van der Waals surface area (Å²) in [6.45, 7) is 2.68. The monoisotopic (exact) mass is 581 g/mol. The average Bonchev–Trinajstić information content (AvgIpc) is 2.80. The van der Waals surface area contributed by atoms with Gasteiger partial charge < -0.3 is 10.2 Å². The third kappa shape index (κ3) is 8.51. The number of alkyl halides is 3. The molecule has 0 saturated carbocycles. The second-order valence-corrected chi connectivity index (χ2v) is 11.1. The first-order chi connectivity index (χ1) is 17.2. The van der Waals surface area contributed by atoms with Crippen LogP contribution in [0, 0.1) is 0 Å². The number of nitrogens with one attached hydrogen (secondary N) is 1.